The maximum Gasteiger partial charge on any atom is 0.410 e. The molecule has 8 nitrogen and oxygen atoms in total. The Balaban J connectivity index is 1.17. The largest absolute Gasteiger partial charge is 0.442 e. The normalized spacial score (nSPS) is 18.3. The summed E-state index contributed by atoms with van der Waals surface area (Å²) >= 11 is 0. The third kappa shape index (κ3) is 3.40. The van der Waals surface area contributed by atoms with Crippen LogP contribution < -0.4 is 9.80 Å². The first-order chi connectivity index (χ1) is 14.5. The van der Waals surface area contributed by atoms with Crippen molar-refractivity contribution in [1.29, 1.82) is 0 Å². The summed E-state index contributed by atoms with van der Waals surface area (Å²) in [5.74, 6) is 2.25. The Hall–Kier alpha value is -3.04. The SMILES string of the molecule is Cc1nc2c(c(N3CCC3)n1)CN(C(=O)OC1CN(c3ccc(C(F)F)cn3)C1)C2. The fourth-order valence-electron chi connectivity index (χ4n) is 3.91. The number of pyridine rings is 1. The van der Waals surface area contributed by atoms with Gasteiger partial charge in [0, 0.05) is 30.4 Å². The van der Waals surface area contributed by atoms with Crippen LogP contribution in [-0.2, 0) is 17.8 Å². The topological polar surface area (TPSA) is 74.7 Å². The molecule has 0 spiro atoms. The molecule has 0 N–H and O–H groups in total. The van der Waals surface area contributed by atoms with Crippen molar-refractivity contribution in [1.82, 2.24) is 19.9 Å². The lowest BCUT2D eigenvalue weighted by Crippen LogP contribution is -2.54. The van der Waals surface area contributed by atoms with E-state index in [0.29, 0.717) is 37.8 Å². The van der Waals surface area contributed by atoms with Crippen LogP contribution >= 0.6 is 0 Å². The van der Waals surface area contributed by atoms with Crippen molar-refractivity contribution < 1.29 is 18.3 Å². The van der Waals surface area contributed by atoms with Crippen LogP contribution in [0.5, 0.6) is 0 Å². The van der Waals surface area contributed by atoms with E-state index in [0.717, 1.165) is 36.6 Å². The molecule has 2 fully saturated rings. The molecule has 0 unspecified atom stereocenters. The first kappa shape index (κ1) is 19.0. The van der Waals surface area contributed by atoms with Gasteiger partial charge in [0.2, 0.25) is 0 Å². The van der Waals surface area contributed by atoms with Crippen molar-refractivity contribution in [2.24, 2.45) is 0 Å². The molecule has 30 heavy (non-hydrogen) atoms. The number of carbonyl (C=O) groups is 1. The Labute approximate surface area is 172 Å². The van der Waals surface area contributed by atoms with E-state index in [1.54, 1.807) is 11.0 Å². The molecule has 5 heterocycles. The zero-order chi connectivity index (χ0) is 20.8. The van der Waals surface area contributed by atoms with Crippen LogP contribution in [0.4, 0.5) is 25.2 Å². The van der Waals surface area contributed by atoms with Gasteiger partial charge in [-0.25, -0.2) is 28.5 Å². The van der Waals surface area contributed by atoms with E-state index in [2.05, 4.69) is 19.9 Å². The van der Waals surface area contributed by atoms with Gasteiger partial charge in [-0.2, -0.15) is 0 Å². The van der Waals surface area contributed by atoms with Crippen molar-refractivity contribution in [3.63, 3.8) is 0 Å². The van der Waals surface area contributed by atoms with Crippen LogP contribution in [0.1, 0.15) is 35.5 Å². The Kier molecular flexibility index (Phi) is 4.63. The number of anilines is 2. The Morgan fingerprint density at radius 3 is 2.60 bits per heavy atom. The summed E-state index contributed by atoms with van der Waals surface area (Å²) in [5.41, 5.74) is 1.79. The summed E-state index contributed by atoms with van der Waals surface area (Å²) in [6.07, 6.45) is -0.816. The maximum atomic E-state index is 12.7. The summed E-state index contributed by atoms with van der Waals surface area (Å²) in [4.78, 5) is 31.6. The summed E-state index contributed by atoms with van der Waals surface area (Å²) in [7, 11) is 0. The molecule has 3 aliphatic heterocycles. The summed E-state index contributed by atoms with van der Waals surface area (Å²) in [6, 6.07) is 2.93. The van der Waals surface area contributed by atoms with Gasteiger partial charge in [-0.15, -0.1) is 0 Å². The van der Waals surface area contributed by atoms with Crippen LogP contribution in [0.15, 0.2) is 18.3 Å². The minimum Gasteiger partial charge on any atom is -0.442 e. The second kappa shape index (κ2) is 7.33. The number of aryl methyl sites for hydroxylation is 1. The minimum absolute atomic E-state index is 0.105. The lowest BCUT2D eigenvalue weighted by molar-refractivity contribution is 0.0488. The molecule has 0 aromatic carbocycles. The minimum atomic E-state index is -2.53. The molecule has 2 aromatic heterocycles. The highest BCUT2D eigenvalue weighted by Crippen LogP contribution is 2.32. The molecule has 5 rings (SSSR count). The standard InChI is InChI=1S/C20H22F2N6O2/c1-12-24-16-11-28(10-15(16)19(25-12)26-5-2-6-26)20(29)30-14-8-27(9-14)17-4-3-13(7-23-17)18(21)22/h3-4,7,14,18H,2,5-6,8-11H2,1H3. The predicted octanol–water partition coefficient (Wildman–Crippen LogP) is 2.67. The number of amides is 1. The summed E-state index contributed by atoms with van der Waals surface area (Å²) in [5, 5.41) is 0. The lowest BCUT2D eigenvalue weighted by atomic mass is 10.1. The first-order valence-electron chi connectivity index (χ1n) is 10.0. The molecule has 3 aliphatic rings. The molecule has 0 bridgehead atoms. The molecule has 0 aliphatic carbocycles. The Morgan fingerprint density at radius 2 is 1.97 bits per heavy atom. The Morgan fingerprint density at radius 1 is 1.17 bits per heavy atom. The number of alkyl halides is 2. The highest BCUT2D eigenvalue weighted by atomic mass is 19.3. The van der Waals surface area contributed by atoms with Gasteiger partial charge in [0.1, 0.15) is 23.6 Å². The van der Waals surface area contributed by atoms with Gasteiger partial charge in [0.25, 0.3) is 6.43 Å². The van der Waals surface area contributed by atoms with E-state index in [-0.39, 0.29) is 17.8 Å². The van der Waals surface area contributed by atoms with Crippen molar-refractivity contribution >= 4 is 17.7 Å². The average Bonchev–Trinajstić information content (AvgIpc) is 3.07. The zero-order valence-corrected chi connectivity index (χ0v) is 16.6. The van der Waals surface area contributed by atoms with Gasteiger partial charge in [-0.3, -0.25) is 4.90 Å². The molecular formula is C20H22F2N6O2. The maximum absolute atomic E-state index is 12.7. The number of fused-ring (bicyclic) bond motifs is 1. The molecule has 10 heteroatoms. The molecule has 2 saturated heterocycles. The summed E-state index contributed by atoms with van der Waals surface area (Å²) < 4.78 is 30.9. The zero-order valence-electron chi connectivity index (χ0n) is 16.6. The van der Waals surface area contributed by atoms with Crippen LogP contribution in [0.2, 0.25) is 0 Å². The Bertz CT molecular complexity index is 961. The molecule has 0 saturated carbocycles. The second-order valence-corrected chi connectivity index (χ2v) is 7.88. The van der Waals surface area contributed by atoms with Crippen LogP contribution in [0.3, 0.4) is 0 Å². The van der Waals surface area contributed by atoms with Gasteiger partial charge in [-0.05, 0) is 25.5 Å². The number of halogens is 2. The van der Waals surface area contributed by atoms with E-state index in [9.17, 15) is 13.6 Å². The second-order valence-electron chi connectivity index (χ2n) is 7.88. The number of aromatic nitrogens is 3. The summed E-state index contributed by atoms with van der Waals surface area (Å²) in [6.45, 7) is 5.69. The third-order valence-corrected chi connectivity index (χ3v) is 5.75. The van der Waals surface area contributed by atoms with Crippen molar-refractivity contribution in [3.05, 3.63) is 41.0 Å². The lowest BCUT2D eigenvalue weighted by Gasteiger charge is -2.39. The van der Waals surface area contributed by atoms with Gasteiger partial charge in [0.15, 0.2) is 0 Å². The van der Waals surface area contributed by atoms with E-state index in [1.807, 2.05) is 11.8 Å². The average molecular weight is 416 g/mol. The monoisotopic (exact) mass is 416 g/mol. The van der Waals surface area contributed by atoms with Crippen molar-refractivity contribution in [2.75, 3.05) is 36.0 Å². The molecule has 0 atom stereocenters. The highest BCUT2D eigenvalue weighted by molar-refractivity contribution is 5.70. The quantitative estimate of drug-likeness (QED) is 0.759. The highest BCUT2D eigenvalue weighted by Gasteiger charge is 2.36. The van der Waals surface area contributed by atoms with Crippen LogP contribution in [0.25, 0.3) is 0 Å². The number of hydrogen-bond donors (Lipinski definition) is 0. The van der Waals surface area contributed by atoms with E-state index < -0.39 is 6.43 Å². The smallest absolute Gasteiger partial charge is 0.410 e. The van der Waals surface area contributed by atoms with Crippen LogP contribution in [0, 0.1) is 6.92 Å². The van der Waals surface area contributed by atoms with Gasteiger partial charge in [-0.1, -0.05) is 0 Å². The number of carbonyl (C=O) groups excluding carboxylic acids is 1. The number of nitrogens with zero attached hydrogens (tertiary/aromatic N) is 6. The number of rotatable bonds is 4. The molecule has 0 radical (unpaired) electrons. The predicted molar refractivity (Wildman–Crippen MR) is 105 cm³/mol. The van der Waals surface area contributed by atoms with Gasteiger partial charge < -0.3 is 14.5 Å². The van der Waals surface area contributed by atoms with Crippen molar-refractivity contribution in [2.45, 2.75) is 39.0 Å². The van der Waals surface area contributed by atoms with E-state index >= 15 is 0 Å². The third-order valence-electron chi connectivity index (χ3n) is 5.75. The number of hydrogen-bond acceptors (Lipinski definition) is 7. The molecule has 158 valence electrons. The van der Waals surface area contributed by atoms with Crippen molar-refractivity contribution in [3.8, 4) is 0 Å². The first-order valence-corrected chi connectivity index (χ1v) is 10.0. The van der Waals surface area contributed by atoms with Crippen LogP contribution in [-0.4, -0.2) is 58.2 Å². The van der Waals surface area contributed by atoms with Gasteiger partial charge >= 0.3 is 6.09 Å². The van der Waals surface area contributed by atoms with Gasteiger partial charge in [0.05, 0.1) is 31.9 Å². The fraction of sp³-hybridized carbons (Fsp3) is 0.500. The van der Waals surface area contributed by atoms with E-state index in [1.165, 1.54) is 12.3 Å². The number of ether oxygens (including phenoxy) is 1. The molecule has 2 aromatic rings. The molecule has 1 amide bonds. The fourth-order valence-corrected chi connectivity index (χ4v) is 3.91. The molecular weight excluding hydrogens is 394 g/mol. The van der Waals surface area contributed by atoms with E-state index in [4.69, 9.17) is 4.74 Å².